The van der Waals surface area contributed by atoms with Gasteiger partial charge in [0, 0.05) is 31.6 Å². The second kappa shape index (κ2) is 9.08. The normalized spacial score (nSPS) is 14.7. The van der Waals surface area contributed by atoms with Gasteiger partial charge in [0.25, 0.3) is 5.91 Å². The molecule has 5 nitrogen and oxygen atoms in total. The van der Waals surface area contributed by atoms with Gasteiger partial charge in [-0.2, -0.15) is 0 Å². The van der Waals surface area contributed by atoms with Crippen LogP contribution in [0.25, 0.3) is 10.6 Å². The molecule has 1 aliphatic rings. The van der Waals surface area contributed by atoms with E-state index in [1.54, 1.807) is 19.1 Å². The molecule has 2 amide bonds. The van der Waals surface area contributed by atoms with Crippen LogP contribution in [0.3, 0.4) is 0 Å². The lowest BCUT2D eigenvalue weighted by Crippen LogP contribution is -2.35. The van der Waals surface area contributed by atoms with Crippen molar-refractivity contribution in [3.05, 3.63) is 40.7 Å². The Balaban J connectivity index is 1.55. The predicted molar refractivity (Wildman–Crippen MR) is 104 cm³/mol. The number of rotatable bonds is 5. The van der Waals surface area contributed by atoms with Gasteiger partial charge in [-0.25, -0.2) is 9.37 Å². The average molecular weight is 389 g/mol. The second-order valence-electron chi connectivity index (χ2n) is 6.74. The molecule has 0 bridgehead atoms. The van der Waals surface area contributed by atoms with E-state index in [-0.39, 0.29) is 17.6 Å². The molecule has 0 unspecified atom stereocenters. The average Bonchev–Trinajstić information content (AvgIpc) is 2.87. The van der Waals surface area contributed by atoms with Crippen LogP contribution < -0.4 is 5.32 Å². The molecule has 0 aliphatic carbocycles. The van der Waals surface area contributed by atoms with E-state index in [0.717, 1.165) is 31.5 Å². The fourth-order valence-corrected chi connectivity index (χ4v) is 4.15. The molecule has 0 saturated carbocycles. The van der Waals surface area contributed by atoms with Crippen LogP contribution in [-0.4, -0.2) is 41.3 Å². The summed E-state index contributed by atoms with van der Waals surface area (Å²) in [5.74, 6) is -0.425. The number of thiazole rings is 1. The molecule has 1 fully saturated rings. The Morgan fingerprint density at radius 3 is 2.48 bits per heavy atom. The first-order valence-electron chi connectivity index (χ1n) is 9.34. The van der Waals surface area contributed by atoms with E-state index in [1.165, 1.54) is 36.3 Å². The summed E-state index contributed by atoms with van der Waals surface area (Å²) in [5, 5.41) is 3.50. The van der Waals surface area contributed by atoms with Gasteiger partial charge in [-0.05, 0) is 44.0 Å². The Labute approximate surface area is 162 Å². The number of likely N-dealkylation sites (tertiary alicyclic amines) is 1. The minimum absolute atomic E-state index is 0.102. The van der Waals surface area contributed by atoms with Crippen LogP contribution in [0.1, 0.15) is 47.5 Å². The fourth-order valence-electron chi connectivity index (χ4n) is 3.16. The van der Waals surface area contributed by atoms with Gasteiger partial charge in [0.05, 0.1) is 5.69 Å². The Bertz CT molecular complexity index is 796. The Kier molecular flexibility index (Phi) is 6.55. The summed E-state index contributed by atoms with van der Waals surface area (Å²) in [5.41, 5.74) is 1.41. The second-order valence-corrected chi connectivity index (χ2v) is 7.74. The molecule has 1 N–H and O–H groups in total. The lowest BCUT2D eigenvalue weighted by atomic mass is 10.2. The van der Waals surface area contributed by atoms with Gasteiger partial charge in [0.2, 0.25) is 5.91 Å². The molecule has 1 aromatic heterocycles. The molecular formula is C20H24FN3O2S. The number of aromatic nitrogens is 1. The minimum Gasteiger partial charge on any atom is -0.351 e. The Morgan fingerprint density at radius 2 is 1.81 bits per heavy atom. The summed E-state index contributed by atoms with van der Waals surface area (Å²) in [6, 6.07) is 6.05. The third-order valence-corrected chi connectivity index (χ3v) is 5.88. The van der Waals surface area contributed by atoms with Gasteiger partial charge in [0.1, 0.15) is 15.7 Å². The van der Waals surface area contributed by atoms with Crippen molar-refractivity contribution in [1.29, 1.82) is 0 Å². The number of benzene rings is 1. The van der Waals surface area contributed by atoms with Gasteiger partial charge in [-0.1, -0.05) is 12.8 Å². The maximum absolute atomic E-state index is 13.1. The van der Waals surface area contributed by atoms with Gasteiger partial charge in [-0.3, -0.25) is 9.59 Å². The molecule has 1 aliphatic heterocycles. The van der Waals surface area contributed by atoms with Crippen LogP contribution in [0.4, 0.5) is 4.39 Å². The van der Waals surface area contributed by atoms with Gasteiger partial charge >= 0.3 is 0 Å². The molecule has 1 aromatic carbocycles. The quantitative estimate of drug-likeness (QED) is 0.846. The van der Waals surface area contributed by atoms with Crippen LogP contribution >= 0.6 is 11.3 Å². The largest absolute Gasteiger partial charge is 0.351 e. The van der Waals surface area contributed by atoms with Crippen LogP contribution in [0.2, 0.25) is 0 Å². The molecule has 27 heavy (non-hydrogen) atoms. The summed E-state index contributed by atoms with van der Waals surface area (Å²) in [6.07, 6.45) is 4.80. The zero-order valence-corrected chi connectivity index (χ0v) is 16.3. The van der Waals surface area contributed by atoms with Crippen molar-refractivity contribution in [2.24, 2.45) is 0 Å². The number of amides is 2. The van der Waals surface area contributed by atoms with E-state index in [4.69, 9.17) is 0 Å². The maximum atomic E-state index is 13.1. The van der Waals surface area contributed by atoms with E-state index in [1.807, 2.05) is 4.90 Å². The SMILES string of the molecule is Cc1nc(-c2ccc(F)cc2)sc1C(=O)NCCC(=O)N1CCCCCC1. The maximum Gasteiger partial charge on any atom is 0.263 e. The van der Waals surface area contributed by atoms with Gasteiger partial charge in [-0.15, -0.1) is 11.3 Å². The zero-order chi connectivity index (χ0) is 19.2. The van der Waals surface area contributed by atoms with E-state index < -0.39 is 0 Å². The molecule has 2 heterocycles. The zero-order valence-electron chi connectivity index (χ0n) is 15.5. The number of aryl methyl sites for hydroxylation is 1. The molecule has 2 aromatic rings. The first kappa shape index (κ1) is 19.5. The highest BCUT2D eigenvalue weighted by Crippen LogP contribution is 2.28. The molecule has 7 heteroatoms. The summed E-state index contributed by atoms with van der Waals surface area (Å²) >= 11 is 1.28. The Hall–Kier alpha value is -2.28. The third-order valence-electron chi connectivity index (χ3n) is 4.68. The van der Waals surface area contributed by atoms with Gasteiger partial charge < -0.3 is 10.2 Å². The van der Waals surface area contributed by atoms with E-state index in [0.29, 0.717) is 28.5 Å². The van der Waals surface area contributed by atoms with Crippen molar-refractivity contribution in [2.75, 3.05) is 19.6 Å². The van der Waals surface area contributed by atoms with E-state index in [9.17, 15) is 14.0 Å². The molecule has 3 rings (SSSR count). The van der Waals surface area contributed by atoms with Crippen molar-refractivity contribution in [3.63, 3.8) is 0 Å². The Morgan fingerprint density at radius 1 is 1.15 bits per heavy atom. The highest BCUT2D eigenvalue weighted by Gasteiger charge is 2.18. The predicted octanol–water partition coefficient (Wildman–Crippen LogP) is 3.78. The summed E-state index contributed by atoms with van der Waals surface area (Å²) in [7, 11) is 0. The van der Waals surface area contributed by atoms with Crippen LogP contribution in [0.5, 0.6) is 0 Å². The van der Waals surface area contributed by atoms with Crippen LogP contribution in [-0.2, 0) is 4.79 Å². The van der Waals surface area contributed by atoms with Crippen molar-refractivity contribution in [2.45, 2.75) is 39.0 Å². The first-order valence-corrected chi connectivity index (χ1v) is 10.2. The fraction of sp³-hybridized carbons (Fsp3) is 0.450. The van der Waals surface area contributed by atoms with Crippen molar-refractivity contribution in [1.82, 2.24) is 15.2 Å². The van der Waals surface area contributed by atoms with Crippen molar-refractivity contribution < 1.29 is 14.0 Å². The number of carbonyl (C=O) groups excluding carboxylic acids is 2. The molecule has 0 spiro atoms. The van der Waals surface area contributed by atoms with Crippen molar-refractivity contribution >= 4 is 23.2 Å². The topological polar surface area (TPSA) is 62.3 Å². The monoisotopic (exact) mass is 389 g/mol. The lowest BCUT2D eigenvalue weighted by Gasteiger charge is -2.20. The number of nitrogens with zero attached hydrogens (tertiary/aromatic N) is 2. The highest BCUT2D eigenvalue weighted by atomic mass is 32.1. The summed E-state index contributed by atoms with van der Waals surface area (Å²) in [6.45, 7) is 3.74. The summed E-state index contributed by atoms with van der Waals surface area (Å²) < 4.78 is 13.1. The molecule has 144 valence electrons. The standard InChI is InChI=1S/C20H24FN3O2S/c1-14-18(27-20(23-14)15-6-8-16(21)9-7-15)19(26)22-11-10-17(25)24-12-4-2-3-5-13-24/h6-9H,2-5,10-13H2,1H3,(H,22,26). The molecule has 0 atom stereocenters. The van der Waals surface area contributed by atoms with Crippen molar-refractivity contribution in [3.8, 4) is 10.6 Å². The van der Waals surface area contributed by atoms with E-state index >= 15 is 0 Å². The van der Waals surface area contributed by atoms with Crippen LogP contribution in [0, 0.1) is 12.7 Å². The number of hydrogen-bond donors (Lipinski definition) is 1. The molecule has 0 radical (unpaired) electrons. The van der Waals surface area contributed by atoms with Crippen LogP contribution in [0.15, 0.2) is 24.3 Å². The van der Waals surface area contributed by atoms with E-state index in [2.05, 4.69) is 10.3 Å². The third kappa shape index (κ3) is 5.13. The smallest absolute Gasteiger partial charge is 0.263 e. The highest BCUT2D eigenvalue weighted by molar-refractivity contribution is 7.17. The minimum atomic E-state index is -0.306. The number of hydrogen-bond acceptors (Lipinski definition) is 4. The molecule has 1 saturated heterocycles. The number of carbonyl (C=O) groups is 2. The number of nitrogens with one attached hydrogen (secondary N) is 1. The number of halogens is 1. The first-order chi connectivity index (χ1) is 13.0. The molecular weight excluding hydrogens is 365 g/mol. The summed E-state index contributed by atoms with van der Waals surface area (Å²) in [4.78, 5) is 31.6. The van der Waals surface area contributed by atoms with Gasteiger partial charge in [0.15, 0.2) is 0 Å². The lowest BCUT2D eigenvalue weighted by molar-refractivity contribution is -0.131.